The first-order valence-electron chi connectivity index (χ1n) is 6.26. The van der Waals surface area contributed by atoms with Crippen molar-refractivity contribution in [3.8, 4) is 0 Å². The van der Waals surface area contributed by atoms with Crippen LogP contribution < -0.4 is 5.32 Å². The van der Waals surface area contributed by atoms with E-state index in [1.54, 1.807) is 12.1 Å². The minimum absolute atomic E-state index is 0.174. The van der Waals surface area contributed by atoms with Crippen LogP contribution in [0.15, 0.2) is 24.3 Å². The topological polar surface area (TPSA) is 75.4 Å². The summed E-state index contributed by atoms with van der Waals surface area (Å²) in [7, 11) is 0. The van der Waals surface area contributed by atoms with Gasteiger partial charge < -0.3 is 10.4 Å². The van der Waals surface area contributed by atoms with Crippen molar-refractivity contribution in [1.29, 1.82) is 0 Å². The number of nitro benzene ring substituents is 1. The summed E-state index contributed by atoms with van der Waals surface area (Å²) in [6.07, 6.45) is 1.84. The smallest absolute Gasteiger partial charge is 0.272 e. The molecule has 18 heavy (non-hydrogen) atoms. The molecule has 0 aliphatic carbocycles. The van der Waals surface area contributed by atoms with E-state index >= 15 is 0 Å². The monoisotopic (exact) mass is 252 g/mol. The second-order valence-electron chi connectivity index (χ2n) is 4.24. The fraction of sp³-hybridized carbons (Fsp3) is 0.538. The van der Waals surface area contributed by atoms with E-state index in [-0.39, 0.29) is 16.7 Å². The molecule has 1 rings (SSSR count). The van der Waals surface area contributed by atoms with Gasteiger partial charge in [0.2, 0.25) is 0 Å². The summed E-state index contributed by atoms with van der Waals surface area (Å²) >= 11 is 0. The van der Waals surface area contributed by atoms with Gasteiger partial charge in [-0.3, -0.25) is 10.1 Å². The van der Waals surface area contributed by atoms with Gasteiger partial charge in [0.05, 0.1) is 11.0 Å². The van der Waals surface area contributed by atoms with Crippen LogP contribution >= 0.6 is 0 Å². The van der Waals surface area contributed by atoms with Crippen LogP contribution in [-0.2, 0) is 6.42 Å². The zero-order valence-electron chi connectivity index (χ0n) is 10.6. The maximum Gasteiger partial charge on any atom is 0.272 e. The van der Waals surface area contributed by atoms with E-state index in [1.807, 2.05) is 13.0 Å². The van der Waals surface area contributed by atoms with E-state index in [2.05, 4.69) is 5.32 Å². The molecule has 1 aromatic carbocycles. The molecule has 0 amide bonds. The zero-order chi connectivity index (χ0) is 13.4. The molecule has 0 bridgehead atoms. The lowest BCUT2D eigenvalue weighted by atomic mass is 10.1. The van der Waals surface area contributed by atoms with Gasteiger partial charge in [-0.25, -0.2) is 0 Å². The largest absolute Gasteiger partial charge is 0.393 e. The first-order chi connectivity index (χ1) is 8.65. The van der Waals surface area contributed by atoms with E-state index in [9.17, 15) is 15.2 Å². The van der Waals surface area contributed by atoms with Gasteiger partial charge in [0.25, 0.3) is 5.69 Å². The molecule has 1 aromatic rings. The Bertz CT molecular complexity index is 382. The third-order valence-corrected chi connectivity index (χ3v) is 2.89. The standard InChI is InChI=1S/C13H20N2O3/c1-2-12(16)8-10-14-9-7-11-5-3-4-6-13(11)15(17)18/h3-6,12,14,16H,2,7-10H2,1H3. The molecule has 0 saturated carbocycles. The molecule has 0 spiro atoms. The highest BCUT2D eigenvalue weighted by Crippen LogP contribution is 2.17. The second-order valence-corrected chi connectivity index (χ2v) is 4.24. The van der Waals surface area contributed by atoms with Crippen molar-refractivity contribution in [2.24, 2.45) is 0 Å². The third kappa shape index (κ3) is 4.81. The van der Waals surface area contributed by atoms with Crippen molar-refractivity contribution < 1.29 is 10.0 Å². The number of rotatable bonds is 8. The summed E-state index contributed by atoms with van der Waals surface area (Å²) in [5.74, 6) is 0. The average molecular weight is 252 g/mol. The average Bonchev–Trinajstić information content (AvgIpc) is 2.38. The van der Waals surface area contributed by atoms with Crippen LogP contribution in [0.4, 0.5) is 5.69 Å². The molecule has 0 aromatic heterocycles. The van der Waals surface area contributed by atoms with Crippen molar-refractivity contribution >= 4 is 5.69 Å². The van der Waals surface area contributed by atoms with Gasteiger partial charge in [0, 0.05) is 11.6 Å². The second kappa shape index (κ2) is 7.79. The van der Waals surface area contributed by atoms with Gasteiger partial charge in [0.1, 0.15) is 0 Å². The van der Waals surface area contributed by atoms with Crippen LogP contribution in [0.3, 0.4) is 0 Å². The Morgan fingerprint density at radius 2 is 2.11 bits per heavy atom. The summed E-state index contributed by atoms with van der Waals surface area (Å²) in [5, 5.41) is 23.3. The maximum atomic E-state index is 10.8. The number of nitrogens with one attached hydrogen (secondary N) is 1. The third-order valence-electron chi connectivity index (χ3n) is 2.89. The van der Waals surface area contributed by atoms with Crippen LogP contribution in [0.25, 0.3) is 0 Å². The molecule has 1 unspecified atom stereocenters. The van der Waals surface area contributed by atoms with Crippen LogP contribution in [-0.4, -0.2) is 29.2 Å². The molecule has 5 nitrogen and oxygen atoms in total. The summed E-state index contributed by atoms with van der Waals surface area (Å²) in [5.41, 5.74) is 0.916. The van der Waals surface area contributed by atoms with Crippen LogP contribution in [0.1, 0.15) is 25.3 Å². The molecule has 5 heteroatoms. The Labute approximate surface area is 107 Å². The number of para-hydroxylation sites is 1. The van der Waals surface area contributed by atoms with E-state index in [4.69, 9.17) is 0 Å². The molecule has 0 aliphatic rings. The van der Waals surface area contributed by atoms with E-state index in [0.29, 0.717) is 19.4 Å². The van der Waals surface area contributed by atoms with E-state index < -0.39 is 0 Å². The van der Waals surface area contributed by atoms with Gasteiger partial charge in [-0.05, 0) is 32.4 Å². The number of nitrogens with zero attached hydrogens (tertiary/aromatic N) is 1. The lowest BCUT2D eigenvalue weighted by molar-refractivity contribution is -0.385. The predicted molar refractivity (Wildman–Crippen MR) is 70.6 cm³/mol. The molecular formula is C13H20N2O3. The maximum absolute atomic E-state index is 10.8. The Kier molecular flexibility index (Phi) is 6.32. The quantitative estimate of drug-likeness (QED) is 0.421. The molecule has 2 N–H and O–H groups in total. The first-order valence-corrected chi connectivity index (χ1v) is 6.26. The molecular weight excluding hydrogens is 232 g/mol. The Morgan fingerprint density at radius 3 is 2.78 bits per heavy atom. The predicted octanol–water partition coefficient (Wildman–Crippen LogP) is 1.89. The molecule has 0 radical (unpaired) electrons. The fourth-order valence-corrected chi connectivity index (χ4v) is 1.72. The van der Waals surface area contributed by atoms with Gasteiger partial charge in [-0.1, -0.05) is 25.1 Å². The number of benzene rings is 1. The van der Waals surface area contributed by atoms with Crippen LogP contribution in [0.2, 0.25) is 0 Å². The van der Waals surface area contributed by atoms with Gasteiger partial charge >= 0.3 is 0 Å². The minimum atomic E-state index is -0.351. The van der Waals surface area contributed by atoms with E-state index in [1.165, 1.54) is 6.07 Å². The number of hydrogen-bond acceptors (Lipinski definition) is 4. The van der Waals surface area contributed by atoms with Crippen molar-refractivity contribution in [2.45, 2.75) is 32.3 Å². The van der Waals surface area contributed by atoms with Gasteiger partial charge in [0.15, 0.2) is 0 Å². The van der Waals surface area contributed by atoms with Crippen molar-refractivity contribution in [3.63, 3.8) is 0 Å². The highest BCUT2D eigenvalue weighted by atomic mass is 16.6. The summed E-state index contributed by atoms with van der Waals surface area (Å²) in [6.45, 7) is 3.36. The zero-order valence-corrected chi connectivity index (χ0v) is 10.6. The van der Waals surface area contributed by atoms with Crippen molar-refractivity contribution in [2.75, 3.05) is 13.1 Å². The molecule has 0 heterocycles. The molecule has 0 fully saturated rings. The Balaban J connectivity index is 2.33. The number of nitro groups is 1. The number of aliphatic hydroxyl groups excluding tert-OH is 1. The lowest BCUT2D eigenvalue weighted by Crippen LogP contribution is -2.22. The number of aliphatic hydroxyl groups is 1. The lowest BCUT2D eigenvalue weighted by Gasteiger charge is -2.08. The summed E-state index contributed by atoms with van der Waals surface area (Å²) in [6, 6.07) is 6.78. The Morgan fingerprint density at radius 1 is 1.39 bits per heavy atom. The Hall–Kier alpha value is -1.46. The molecule has 100 valence electrons. The van der Waals surface area contributed by atoms with E-state index in [0.717, 1.165) is 18.5 Å². The van der Waals surface area contributed by atoms with Gasteiger partial charge in [-0.2, -0.15) is 0 Å². The highest BCUT2D eigenvalue weighted by Gasteiger charge is 2.11. The van der Waals surface area contributed by atoms with Crippen LogP contribution in [0.5, 0.6) is 0 Å². The van der Waals surface area contributed by atoms with Gasteiger partial charge in [-0.15, -0.1) is 0 Å². The first kappa shape index (κ1) is 14.6. The highest BCUT2D eigenvalue weighted by molar-refractivity contribution is 5.39. The SMILES string of the molecule is CCC(O)CCNCCc1ccccc1[N+](=O)[O-]. The number of hydrogen-bond donors (Lipinski definition) is 2. The van der Waals surface area contributed by atoms with Crippen molar-refractivity contribution in [1.82, 2.24) is 5.32 Å². The molecule has 1 atom stereocenters. The van der Waals surface area contributed by atoms with Crippen molar-refractivity contribution in [3.05, 3.63) is 39.9 Å². The molecule has 0 saturated heterocycles. The summed E-state index contributed by atoms with van der Waals surface area (Å²) in [4.78, 5) is 10.4. The van der Waals surface area contributed by atoms with Crippen LogP contribution in [0, 0.1) is 10.1 Å². The summed E-state index contributed by atoms with van der Waals surface area (Å²) < 4.78 is 0. The molecule has 0 aliphatic heterocycles. The minimum Gasteiger partial charge on any atom is -0.393 e. The fourth-order valence-electron chi connectivity index (χ4n) is 1.72. The normalized spacial score (nSPS) is 12.3.